The van der Waals surface area contributed by atoms with Gasteiger partial charge in [0.1, 0.15) is 11.6 Å². The minimum absolute atomic E-state index is 0.293. The second-order valence-corrected chi connectivity index (χ2v) is 5.49. The molecule has 0 spiro atoms. The highest BCUT2D eigenvalue weighted by molar-refractivity contribution is 6.13. The lowest BCUT2D eigenvalue weighted by Crippen LogP contribution is -2.03. The summed E-state index contributed by atoms with van der Waals surface area (Å²) in [5.74, 6) is 0.803. The van der Waals surface area contributed by atoms with Crippen LogP contribution in [0.3, 0.4) is 0 Å². The average molecular weight is 327 g/mol. The van der Waals surface area contributed by atoms with Gasteiger partial charge in [-0.15, -0.1) is 0 Å². The lowest BCUT2D eigenvalue weighted by Gasteiger charge is -2.09. The standard InChI is InChI=1S/C21H17N3O/c1-15-13-19(24-21(25-2)18(15)14-22)23-20(16-9-5-3-6-10-16)17-11-7-4-8-12-17/h3-13H,1-2H3. The first-order chi connectivity index (χ1) is 12.2. The molecule has 0 atom stereocenters. The van der Waals surface area contributed by atoms with Gasteiger partial charge in [0, 0.05) is 11.1 Å². The number of methoxy groups -OCH3 is 1. The first kappa shape index (κ1) is 16.4. The van der Waals surface area contributed by atoms with Gasteiger partial charge in [0.25, 0.3) is 0 Å². The van der Waals surface area contributed by atoms with Crippen LogP contribution in [0, 0.1) is 18.3 Å². The summed E-state index contributed by atoms with van der Waals surface area (Å²) in [7, 11) is 1.51. The Balaban J connectivity index is 2.18. The van der Waals surface area contributed by atoms with Gasteiger partial charge in [-0.3, -0.25) is 0 Å². The van der Waals surface area contributed by atoms with Crippen molar-refractivity contribution >= 4 is 11.5 Å². The highest BCUT2D eigenvalue weighted by Gasteiger charge is 2.12. The molecule has 4 heteroatoms. The van der Waals surface area contributed by atoms with E-state index in [1.165, 1.54) is 7.11 Å². The lowest BCUT2D eigenvalue weighted by molar-refractivity contribution is 0.396. The van der Waals surface area contributed by atoms with Crippen molar-refractivity contribution in [1.29, 1.82) is 5.26 Å². The minimum Gasteiger partial charge on any atom is -0.480 e. The maximum atomic E-state index is 9.25. The van der Waals surface area contributed by atoms with Crippen molar-refractivity contribution in [3.05, 3.63) is 89.0 Å². The second kappa shape index (κ2) is 7.41. The number of pyridine rings is 1. The molecular formula is C21H17N3O. The molecule has 4 nitrogen and oxygen atoms in total. The minimum atomic E-state index is 0.293. The number of nitrogens with zero attached hydrogens (tertiary/aromatic N) is 3. The van der Waals surface area contributed by atoms with Crippen LogP contribution in [0.2, 0.25) is 0 Å². The number of aromatic nitrogens is 1. The van der Waals surface area contributed by atoms with Gasteiger partial charge in [-0.05, 0) is 18.6 Å². The van der Waals surface area contributed by atoms with Crippen LogP contribution in [-0.4, -0.2) is 17.8 Å². The van der Waals surface area contributed by atoms with Crippen molar-refractivity contribution in [2.45, 2.75) is 6.92 Å². The van der Waals surface area contributed by atoms with Gasteiger partial charge in [0.05, 0.1) is 12.8 Å². The summed E-state index contributed by atoms with van der Waals surface area (Å²) in [6, 6.07) is 23.8. The molecule has 0 aliphatic heterocycles. The van der Waals surface area contributed by atoms with Crippen LogP contribution in [0.25, 0.3) is 0 Å². The van der Waals surface area contributed by atoms with E-state index < -0.39 is 0 Å². The zero-order chi connectivity index (χ0) is 17.6. The normalized spacial score (nSPS) is 9.96. The van der Waals surface area contributed by atoms with Crippen molar-refractivity contribution in [2.75, 3.05) is 7.11 Å². The average Bonchev–Trinajstić information content (AvgIpc) is 2.67. The second-order valence-electron chi connectivity index (χ2n) is 5.49. The summed E-state index contributed by atoms with van der Waals surface area (Å²) in [5.41, 5.74) is 4.03. The van der Waals surface area contributed by atoms with E-state index in [1.54, 1.807) is 6.07 Å². The number of benzene rings is 2. The molecule has 0 saturated carbocycles. The van der Waals surface area contributed by atoms with Gasteiger partial charge < -0.3 is 4.74 Å². The molecule has 0 bridgehead atoms. The molecule has 1 aromatic heterocycles. The first-order valence-corrected chi connectivity index (χ1v) is 7.88. The zero-order valence-electron chi connectivity index (χ0n) is 14.1. The molecule has 3 aromatic rings. The van der Waals surface area contributed by atoms with Crippen LogP contribution < -0.4 is 4.74 Å². The van der Waals surface area contributed by atoms with E-state index in [4.69, 9.17) is 9.73 Å². The monoisotopic (exact) mass is 327 g/mol. The maximum Gasteiger partial charge on any atom is 0.233 e. The number of hydrogen-bond donors (Lipinski definition) is 0. The number of nitriles is 1. The summed E-state index contributed by atoms with van der Waals surface area (Å²) in [4.78, 5) is 9.14. The molecule has 122 valence electrons. The molecule has 1 heterocycles. The summed E-state index contributed by atoms with van der Waals surface area (Å²) >= 11 is 0. The van der Waals surface area contributed by atoms with Gasteiger partial charge >= 0.3 is 0 Å². The molecule has 0 aliphatic carbocycles. The van der Waals surface area contributed by atoms with Crippen molar-refractivity contribution in [2.24, 2.45) is 4.99 Å². The van der Waals surface area contributed by atoms with Gasteiger partial charge in [-0.2, -0.15) is 10.2 Å². The van der Waals surface area contributed by atoms with Crippen LogP contribution in [0.4, 0.5) is 5.82 Å². The number of hydrogen-bond acceptors (Lipinski definition) is 4. The summed E-state index contributed by atoms with van der Waals surface area (Å²) < 4.78 is 5.25. The smallest absolute Gasteiger partial charge is 0.233 e. The zero-order valence-corrected chi connectivity index (χ0v) is 14.1. The predicted molar refractivity (Wildman–Crippen MR) is 98.4 cm³/mol. The Morgan fingerprint density at radius 3 is 2.04 bits per heavy atom. The highest BCUT2D eigenvalue weighted by atomic mass is 16.5. The summed E-state index contributed by atoms with van der Waals surface area (Å²) in [6.45, 7) is 1.85. The number of rotatable bonds is 4. The maximum absolute atomic E-state index is 9.25. The van der Waals surface area contributed by atoms with E-state index >= 15 is 0 Å². The molecular weight excluding hydrogens is 310 g/mol. The van der Waals surface area contributed by atoms with Crippen molar-refractivity contribution in [3.63, 3.8) is 0 Å². The van der Waals surface area contributed by atoms with Crippen LogP contribution in [0.1, 0.15) is 22.3 Å². The van der Waals surface area contributed by atoms with E-state index in [-0.39, 0.29) is 0 Å². The largest absolute Gasteiger partial charge is 0.480 e. The first-order valence-electron chi connectivity index (χ1n) is 7.88. The number of aliphatic imine (C=N–C) groups is 1. The lowest BCUT2D eigenvalue weighted by atomic mass is 10.0. The topological polar surface area (TPSA) is 58.3 Å². The third-order valence-electron chi connectivity index (χ3n) is 3.80. The molecule has 0 amide bonds. The van der Waals surface area contributed by atoms with Crippen molar-refractivity contribution < 1.29 is 4.74 Å². The van der Waals surface area contributed by atoms with Gasteiger partial charge in [-0.1, -0.05) is 60.7 Å². The fourth-order valence-electron chi connectivity index (χ4n) is 2.57. The molecule has 3 rings (SSSR count). The molecule has 0 N–H and O–H groups in total. The van der Waals surface area contributed by atoms with Crippen LogP contribution in [-0.2, 0) is 0 Å². The molecule has 2 aromatic carbocycles. The molecule has 0 aliphatic rings. The third-order valence-corrected chi connectivity index (χ3v) is 3.80. The third kappa shape index (κ3) is 3.56. The van der Waals surface area contributed by atoms with Crippen LogP contribution >= 0.6 is 0 Å². The Morgan fingerprint density at radius 2 is 1.56 bits per heavy atom. The summed E-state index contributed by atoms with van der Waals surface area (Å²) in [6.07, 6.45) is 0. The SMILES string of the molecule is COc1nc(N=C(c2ccccc2)c2ccccc2)cc(C)c1C#N. The van der Waals surface area contributed by atoms with Crippen molar-refractivity contribution in [3.8, 4) is 11.9 Å². The van der Waals surface area contributed by atoms with Gasteiger partial charge in [0.2, 0.25) is 5.88 Å². The molecule has 25 heavy (non-hydrogen) atoms. The van der Waals surface area contributed by atoms with E-state index in [9.17, 15) is 5.26 Å². The number of aryl methyl sites for hydroxylation is 1. The van der Waals surface area contributed by atoms with Gasteiger partial charge in [0.15, 0.2) is 5.82 Å². The highest BCUT2D eigenvalue weighted by Crippen LogP contribution is 2.25. The number of ether oxygens (including phenoxy) is 1. The Labute approximate surface area is 147 Å². The van der Waals surface area contributed by atoms with E-state index in [0.717, 1.165) is 22.4 Å². The van der Waals surface area contributed by atoms with Crippen molar-refractivity contribution in [1.82, 2.24) is 4.98 Å². The van der Waals surface area contributed by atoms with E-state index in [0.29, 0.717) is 17.3 Å². The fraction of sp³-hybridized carbons (Fsp3) is 0.0952. The fourth-order valence-corrected chi connectivity index (χ4v) is 2.57. The van der Waals surface area contributed by atoms with Gasteiger partial charge in [-0.25, -0.2) is 4.99 Å². The predicted octanol–water partition coefficient (Wildman–Crippen LogP) is 4.44. The van der Waals surface area contributed by atoms with Crippen LogP contribution in [0.5, 0.6) is 5.88 Å². The Kier molecular flexibility index (Phi) is 4.87. The Hall–Kier alpha value is -3.45. The van der Waals surface area contributed by atoms with E-state index in [2.05, 4.69) is 11.1 Å². The molecule has 0 fully saturated rings. The molecule has 0 radical (unpaired) electrons. The Bertz CT molecular complexity index is 901. The summed E-state index contributed by atoms with van der Waals surface area (Å²) in [5, 5.41) is 9.25. The molecule has 0 unspecified atom stereocenters. The van der Waals surface area contributed by atoms with E-state index in [1.807, 2.05) is 67.6 Å². The molecule has 0 saturated heterocycles. The quantitative estimate of drug-likeness (QED) is 0.666. The van der Waals surface area contributed by atoms with Crippen LogP contribution in [0.15, 0.2) is 71.7 Å². The Morgan fingerprint density at radius 1 is 1.00 bits per heavy atom.